The second kappa shape index (κ2) is 3.18. The molecule has 1 aliphatic rings. The normalized spacial score (nSPS) is 23.2. The van der Waals surface area contributed by atoms with Crippen LogP contribution in [0.2, 0.25) is 0 Å². The van der Waals surface area contributed by atoms with E-state index in [1.165, 1.54) is 0 Å². The summed E-state index contributed by atoms with van der Waals surface area (Å²) in [5.74, 6) is 0. The Bertz CT molecular complexity index is 304. The first kappa shape index (κ1) is 10.3. The van der Waals surface area contributed by atoms with E-state index in [4.69, 9.17) is 0 Å². The van der Waals surface area contributed by atoms with E-state index >= 15 is 0 Å². The quantitative estimate of drug-likeness (QED) is 0.507. The fourth-order valence-corrected chi connectivity index (χ4v) is 1.18. The Morgan fingerprint density at radius 1 is 1.46 bits per heavy atom. The van der Waals surface area contributed by atoms with Crippen molar-refractivity contribution in [3.05, 3.63) is 12.3 Å². The summed E-state index contributed by atoms with van der Waals surface area (Å²) in [5, 5.41) is 0. The molecule has 0 amide bonds. The lowest BCUT2D eigenvalue weighted by Gasteiger charge is -2.10. The molecule has 1 atom stereocenters. The number of ether oxygens (including phenoxy) is 1. The fourth-order valence-electron chi connectivity index (χ4n) is 0.626. The average Bonchev–Trinajstić information content (AvgIpc) is 2.35. The highest BCUT2D eigenvalue weighted by Gasteiger charge is 2.48. The van der Waals surface area contributed by atoms with Gasteiger partial charge in [-0.05, 0) is 6.08 Å². The van der Waals surface area contributed by atoms with Crippen molar-refractivity contribution in [2.45, 2.75) is 11.6 Å². The van der Waals surface area contributed by atoms with Crippen molar-refractivity contribution in [1.82, 2.24) is 0 Å². The largest absolute Gasteiger partial charge is 0.523 e. The van der Waals surface area contributed by atoms with Crippen molar-refractivity contribution in [3.63, 3.8) is 0 Å². The van der Waals surface area contributed by atoms with E-state index in [0.29, 0.717) is 0 Å². The Morgan fingerprint density at radius 3 is 2.46 bits per heavy atom. The molecule has 1 rings (SSSR count). The molecule has 0 N–H and O–H groups in total. The zero-order valence-corrected chi connectivity index (χ0v) is 6.93. The molecular formula is C5H5F3O4S. The number of hydrogen-bond donors (Lipinski definition) is 0. The van der Waals surface area contributed by atoms with Gasteiger partial charge in [-0.3, -0.25) is 4.18 Å². The van der Waals surface area contributed by atoms with Gasteiger partial charge < -0.3 is 4.74 Å². The minimum atomic E-state index is -5.51. The van der Waals surface area contributed by atoms with Crippen LogP contribution in [-0.4, -0.2) is 26.6 Å². The van der Waals surface area contributed by atoms with E-state index in [1.807, 2.05) is 0 Å². The molecule has 0 aromatic rings. The van der Waals surface area contributed by atoms with Crippen molar-refractivity contribution in [2.75, 3.05) is 6.61 Å². The minimum Gasteiger partial charge on any atom is -0.498 e. The number of alkyl halides is 3. The van der Waals surface area contributed by atoms with Crippen LogP contribution in [-0.2, 0) is 19.0 Å². The lowest BCUT2D eigenvalue weighted by atomic mass is 10.4. The van der Waals surface area contributed by atoms with Crippen LogP contribution < -0.4 is 0 Å². The first-order valence-corrected chi connectivity index (χ1v) is 4.51. The molecule has 0 saturated carbocycles. The van der Waals surface area contributed by atoms with Gasteiger partial charge in [0, 0.05) is 0 Å². The van der Waals surface area contributed by atoms with Crippen LogP contribution in [0.25, 0.3) is 0 Å². The summed E-state index contributed by atoms with van der Waals surface area (Å²) in [6, 6.07) is 0. The molecule has 1 heterocycles. The lowest BCUT2D eigenvalue weighted by Crippen LogP contribution is -2.29. The summed E-state index contributed by atoms with van der Waals surface area (Å²) in [5.41, 5.74) is -5.39. The second-order valence-electron chi connectivity index (χ2n) is 2.20. The summed E-state index contributed by atoms with van der Waals surface area (Å²) >= 11 is 0. The third-order valence-corrected chi connectivity index (χ3v) is 2.25. The summed E-state index contributed by atoms with van der Waals surface area (Å²) in [4.78, 5) is 0. The predicted octanol–water partition coefficient (Wildman–Crippen LogP) is 0.765. The highest BCUT2D eigenvalue weighted by atomic mass is 32.2. The second-order valence-corrected chi connectivity index (χ2v) is 3.76. The Balaban J connectivity index is 2.68. The first-order chi connectivity index (χ1) is 5.83. The van der Waals surface area contributed by atoms with Gasteiger partial charge in [0.1, 0.15) is 12.7 Å². The topological polar surface area (TPSA) is 52.6 Å². The third-order valence-electron chi connectivity index (χ3n) is 1.18. The van der Waals surface area contributed by atoms with E-state index in [2.05, 4.69) is 8.92 Å². The van der Waals surface area contributed by atoms with Gasteiger partial charge in [-0.2, -0.15) is 21.6 Å². The Kier molecular flexibility index (Phi) is 2.53. The van der Waals surface area contributed by atoms with Crippen molar-refractivity contribution < 1.29 is 30.5 Å². The maximum absolute atomic E-state index is 11.7. The van der Waals surface area contributed by atoms with Crippen molar-refractivity contribution in [2.24, 2.45) is 0 Å². The van der Waals surface area contributed by atoms with E-state index in [1.54, 1.807) is 0 Å². The first-order valence-electron chi connectivity index (χ1n) is 3.11. The Labute approximate surface area is 72.1 Å². The van der Waals surface area contributed by atoms with Crippen LogP contribution >= 0.6 is 0 Å². The van der Waals surface area contributed by atoms with Crippen LogP contribution in [0.1, 0.15) is 0 Å². The zero-order valence-electron chi connectivity index (χ0n) is 6.11. The minimum absolute atomic E-state index is 0.227. The van der Waals surface area contributed by atoms with E-state index in [-0.39, 0.29) is 6.61 Å². The Morgan fingerprint density at radius 2 is 2.08 bits per heavy atom. The summed E-state index contributed by atoms with van der Waals surface area (Å²) in [6.07, 6.45) is 0.978. The van der Waals surface area contributed by atoms with Gasteiger partial charge in [0.25, 0.3) is 0 Å². The standard InChI is InChI=1S/C5H5F3O4S/c6-5(7,8)13(9,10)12-4-1-2-11-3-4/h1-2,4H,3H2. The highest BCUT2D eigenvalue weighted by Crippen LogP contribution is 2.26. The molecule has 0 fully saturated rings. The molecule has 1 unspecified atom stereocenters. The van der Waals surface area contributed by atoms with Gasteiger partial charge in [0.15, 0.2) is 0 Å². The molecule has 0 aliphatic carbocycles. The van der Waals surface area contributed by atoms with Crippen LogP contribution in [0.5, 0.6) is 0 Å². The van der Waals surface area contributed by atoms with Crippen LogP contribution in [0.4, 0.5) is 13.2 Å². The predicted molar refractivity (Wildman–Crippen MR) is 34.9 cm³/mol. The van der Waals surface area contributed by atoms with Gasteiger partial charge in [-0.1, -0.05) is 0 Å². The van der Waals surface area contributed by atoms with Gasteiger partial charge in [-0.15, -0.1) is 0 Å². The maximum atomic E-state index is 11.7. The molecule has 76 valence electrons. The van der Waals surface area contributed by atoms with Crippen molar-refractivity contribution in [3.8, 4) is 0 Å². The average molecular weight is 218 g/mol. The molecule has 0 aromatic carbocycles. The summed E-state index contributed by atoms with van der Waals surface area (Å²) < 4.78 is 64.1. The molecule has 1 aliphatic heterocycles. The molecule has 0 aromatic heterocycles. The van der Waals surface area contributed by atoms with Gasteiger partial charge in [-0.25, -0.2) is 0 Å². The van der Waals surface area contributed by atoms with Crippen molar-refractivity contribution in [1.29, 1.82) is 0 Å². The number of halogens is 3. The fraction of sp³-hybridized carbons (Fsp3) is 0.600. The molecular weight excluding hydrogens is 213 g/mol. The third kappa shape index (κ3) is 2.34. The smallest absolute Gasteiger partial charge is 0.498 e. The molecule has 0 saturated heterocycles. The maximum Gasteiger partial charge on any atom is 0.523 e. The van der Waals surface area contributed by atoms with Gasteiger partial charge in [0.05, 0.1) is 6.26 Å². The van der Waals surface area contributed by atoms with Gasteiger partial charge in [0.2, 0.25) is 0 Å². The summed E-state index contributed by atoms with van der Waals surface area (Å²) in [6.45, 7) is -0.227. The van der Waals surface area contributed by atoms with Crippen LogP contribution in [0, 0.1) is 0 Å². The lowest BCUT2D eigenvalue weighted by molar-refractivity contribution is -0.0566. The monoisotopic (exact) mass is 218 g/mol. The summed E-state index contributed by atoms with van der Waals surface area (Å²) in [7, 11) is -5.51. The van der Waals surface area contributed by atoms with E-state index in [0.717, 1.165) is 12.3 Å². The van der Waals surface area contributed by atoms with Crippen LogP contribution in [0.3, 0.4) is 0 Å². The van der Waals surface area contributed by atoms with E-state index in [9.17, 15) is 21.6 Å². The molecule has 4 nitrogen and oxygen atoms in total. The van der Waals surface area contributed by atoms with Crippen LogP contribution in [0.15, 0.2) is 12.3 Å². The zero-order chi connectivity index (χ0) is 10.1. The number of hydrogen-bond acceptors (Lipinski definition) is 4. The van der Waals surface area contributed by atoms with E-state index < -0.39 is 21.7 Å². The molecule has 8 heteroatoms. The Hall–Kier alpha value is -0.760. The number of rotatable bonds is 2. The van der Waals surface area contributed by atoms with Crippen molar-refractivity contribution >= 4 is 10.1 Å². The molecule has 0 bridgehead atoms. The molecule has 0 radical (unpaired) electrons. The molecule has 0 spiro atoms. The highest BCUT2D eigenvalue weighted by molar-refractivity contribution is 7.87. The molecule has 13 heavy (non-hydrogen) atoms. The van der Waals surface area contributed by atoms with Gasteiger partial charge >= 0.3 is 15.6 Å². The SMILES string of the molecule is O=S(=O)(OC1C=COC1)C(F)(F)F.